The summed E-state index contributed by atoms with van der Waals surface area (Å²) in [7, 11) is 0. The maximum absolute atomic E-state index is 12.9. The third-order valence-electron chi connectivity index (χ3n) is 3.83. The molecule has 0 bridgehead atoms. The molecule has 19 heavy (non-hydrogen) atoms. The van der Waals surface area contributed by atoms with E-state index in [1.807, 2.05) is 12.1 Å². The van der Waals surface area contributed by atoms with Crippen molar-refractivity contribution in [1.82, 2.24) is 5.32 Å². The Kier molecular flexibility index (Phi) is 2.94. The first-order chi connectivity index (χ1) is 9.04. The Morgan fingerprint density at radius 2 is 1.89 bits per heavy atom. The first-order valence-corrected chi connectivity index (χ1v) is 6.63. The lowest BCUT2D eigenvalue weighted by Crippen LogP contribution is -2.19. The van der Waals surface area contributed by atoms with E-state index in [-0.39, 0.29) is 5.82 Å². The molecule has 1 atom stereocenters. The Morgan fingerprint density at radius 3 is 2.53 bits per heavy atom. The van der Waals surface area contributed by atoms with Gasteiger partial charge in [-0.3, -0.25) is 0 Å². The van der Waals surface area contributed by atoms with Crippen LogP contribution in [0.15, 0.2) is 40.8 Å². The van der Waals surface area contributed by atoms with E-state index in [0.717, 1.165) is 23.6 Å². The summed E-state index contributed by atoms with van der Waals surface area (Å²) in [5.74, 6) is 1.47. The first-order valence-electron chi connectivity index (χ1n) is 6.63. The molecule has 1 fully saturated rings. The maximum atomic E-state index is 12.9. The first kappa shape index (κ1) is 12.4. The van der Waals surface area contributed by atoms with Crippen LogP contribution in [-0.2, 0) is 6.54 Å². The molecule has 1 saturated carbocycles. The van der Waals surface area contributed by atoms with E-state index in [9.17, 15) is 4.39 Å². The molecule has 1 aromatic heterocycles. The predicted octanol–water partition coefficient (Wildman–Crippen LogP) is 3.97. The Morgan fingerprint density at radius 1 is 1.21 bits per heavy atom. The van der Waals surface area contributed by atoms with Gasteiger partial charge in [-0.25, -0.2) is 4.39 Å². The number of rotatable bonds is 4. The zero-order valence-electron chi connectivity index (χ0n) is 11.2. The number of halogens is 1. The van der Waals surface area contributed by atoms with E-state index in [0.29, 0.717) is 11.5 Å². The van der Waals surface area contributed by atoms with Crippen molar-refractivity contribution < 1.29 is 8.81 Å². The summed E-state index contributed by atoms with van der Waals surface area (Å²) in [5, 5.41) is 3.48. The van der Waals surface area contributed by atoms with Gasteiger partial charge in [-0.1, -0.05) is 13.8 Å². The van der Waals surface area contributed by atoms with Crippen molar-refractivity contribution in [3.05, 3.63) is 48.0 Å². The Bertz CT molecular complexity index is 571. The molecule has 1 aliphatic carbocycles. The van der Waals surface area contributed by atoms with Crippen LogP contribution in [0.2, 0.25) is 0 Å². The summed E-state index contributed by atoms with van der Waals surface area (Å²) in [4.78, 5) is 0. The van der Waals surface area contributed by atoms with E-state index in [2.05, 4.69) is 19.2 Å². The lowest BCUT2D eigenvalue weighted by molar-refractivity contribution is 0.470. The van der Waals surface area contributed by atoms with Gasteiger partial charge in [0.25, 0.3) is 0 Å². The smallest absolute Gasteiger partial charge is 0.134 e. The fourth-order valence-corrected chi connectivity index (χ4v) is 2.28. The summed E-state index contributed by atoms with van der Waals surface area (Å²) in [6.45, 7) is 5.27. The normalized spacial score (nSPS) is 20.5. The summed E-state index contributed by atoms with van der Waals surface area (Å²) >= 11 is 0. The van der Waals surface area contributed by atoms with Gasteiger partial charge in [0, 0.05) is 11.6 Å². The highest BCUT2D eigenvalue weighted by atomic mass is 19.1. The molecule has 0 saturated heterocycles. The fraction of sp³-hybridized carbons (Fsp3) is 0.375. The number of hydrogen-bond donors (Lipinski definition) is 1. The van der Waals surface area contributed by atoms with Crippen LogP contribution in [0.25, 0.3) is 11.3 Å². The van der Waals surface area contributed by atoms with Crippen molar-refractivity contribution in [3.8, 4) is 11.3 Å². The second-order valence-electron chi connectivity index (χ2n) is 5.90. The van der Waals surface area contributed by atoms with Gasteiger partial charge in [-0.05, 0) is 48.2 Å². The lowest BCUT2D eigenvalue weighted by atomic mass is 10.2. The van der Waals surface area contributed by atoms with Gasteiger partial charge in [-0.2, -0.15) is 0 Å². The van der Waals surface area contributed by atoms with Crippen LogP contribution in [0.3, 0.4) is 0 Å². The minimum Gasteiger partial charge on any atom is -0.460 e. The number of nitrogens with one attached hydrogen (secondary N) is 1. The fourth-order valence-electron chi connectivity index (χ4n) is 2.28. The van der Waals surface area contributed by atoms with Crippen molar-refractivity contribution >= 4 is 0 Å². The molecule has 0 spiro atoms. The number of furan rings is 1. The molecule has 3 heteroatoms. The Hall–Kier alpha value is -1.61. The van der Waals surface area contributed by atoms with Crippen LogP contribution in [-0.4, -0.2) is 6.04 Å². The maximum Gasteiger partial charge on any atom is 0.134 e. The summed E-state index contributed by atoms with van der Waals surface area (Å²) in [6, 6.07) is 10.9. The number of hydrogen-bond acceptors (Lipinski definition) is 2. The van der Waals surface area contributed by atoms with Gasteiger partial charge >= 0.3 is 0 Å². The van der Waals surface area contributed by atoms with Crippen LogP contribution in [0.1, 0.15) is 26.0 Å². The molecule has 0 aliphatic heterocycles. The monoisotopic (exact) mass is 259 g/mol. The van der Waals surface area contributed by atoms with Crippen molar-refractivity contribution in [2.45, 2.75) is 32.9 Å². The molecule has 2 nitrogen and oxygen atoms in total. The molecule has 1 aromatic carbocycles. The van der Waals surface area contributed by atoms with Gasteiger partial charge < -0.3 is 9.73 Å². The highest BCUT2D eigenvalue weighted by Crippen LogP contribution is 2.44. The van der Waals surface area contributed by atoms with Gasteiger partial charge in [0.1, 0.15) is 17.3 Å². The Balaban J connectivity index is 1.64. The van der Waals surface area contributed by atoms with Gasteiger partial charge in [-0.15, -0.1) is 0 Å². The average molecular weight is 259 g/mol. The molecule has 1 N–H and O–H groups in total. The van der Waals surface area contributed by atoms with E-state index in [1.54, 1.807) is 12.1 Å². The van der Waals surface area contributed by atoms with E-state index in [1.165, 1.54) is 18.6 Å². The minimum atomic E-state index is -0.229. The number of benzene rings is 1. The molecule has 1 aliphatic rings. The van der Waals surface area contributed by atoms with Crippen molar-refractivity contribution in [1.29, 1.82) is 0 Å². The summed E-state index contributed by atoms with van der Waals surface area (Å²) < 4.78 is 18.6. The molecule has 100 valence electrons. The average Bonchev–Trinajstić information content (AvgIpc) is 2.79. The second-order valence-corrected chi connectivity index (χ2v) is 5.90. The third-order valence-corrected chi connectivity index (χ3v) is 3.83. The standard InChI is InChI=1S/C16H18FNO/c1-16(2)9-15(16)18-10-13-7-8-14(19-13)11-3-5-12(17)6-4-11/h3-8,15,18H,9-10H2,1-2H3. The van der Waals surface area contributed by atoms with Gasteiger partial charge in [0.05, 0.1) is 6.54 Å². The van der Waals surface area contributed by atoms with Crippen molar-refractivity contribution in [2.24, 2.45) is 5.41 Å². The summed E-state index contributed by atoms with van der Waals surface area (Å²) in [6.07, 6.45) is 1.22. The van der Waals surface area contributed by atoms with Crippen LogP contribution < -0.4 is 5.32 Å². The second kappa shape index (κ2) is 4.49. The van der Waals surface area contributed by atoms with Crippen LogP contribution >= 0.6 is 0 Å². The lowest BCUT2D eigenvalue weighted by Gasteiger charge is -2.04. The highest BCUT2D eigenvalue weighted by Gasteiger charge is 2.45. The minimum absolute atomic E-state index is 0.229. The molecule has 1 heterocycles. The van der Waals surface area contributed by atoms with Crippen molar-refractivity contribution in [2.75, 3.05) is 0 Å². The molecule has 1 unspecified atom stereocenters. The predicted molar refractivity (Wildman–Crippen MR) is 73.1 cm³/mol. The molecule has 0 amide bonds. The van der Waals surface area contributed by atoms with E-state index >= 15 is 0 Å². The Labute approximate surface area is 112 Å². The molecule has 0 radical (unpaired) electrons. The molecule has 2 aromatic rings. The van der Waals surface area contributed by atoms with E-state index < -0.39 is 0 Å². The molecule has 3 rings (SSSR count). The van der Waals surface area contributed by atoms with Crippen molar-refractivity contribution in [3.63, 3.8) is 0 Å². The molecular formula is C16H18FNO. The molecular weight excluding hydrogens is 241 g/mol. The summed E-state index contributed by atoms with van der Waals surface area (Å²) in [5.41, 5.74) is 1.33. The zero-order valence-corrected chi connectivity index (χ0v) is 11.2. The van der Waals surface area contributed by atoms with Crippen LogP contribution in [0.5, 0.6) is 0 Å². The SMILES string of the molecule is CC1(C)CC1NCc1ccc(-c2ccc(F)cc2)o1. The van der Waals surface area contributed by atoms with E-state index in [4.69, 9.17) is 4.42 Å². The highest BCUT2D eigenvalue weighted by molar-refractivity contribution is 5.57. The third kappa shape index (κ3) is 2.71. The quantitative estimate of drug-likeness (QED) is 0.898. The van der Waals surface area contributed by atoms with Gasteiger partial charge in [0.2, 0.25) is 0 Å². The largest absolute Gasteiger partial charge is 0.460 e. The van der Waals surface area contributed by atoms with Crippen LogP contribution in [0, 0.1) is 11.2 Å². The van der Waals surface area contributed by atoms with Crippen LogP contribution in [0.4, 0.5) is 4.39 Å². The topological polar surface area (TPSA) is 25.2 Å². The van der Waals surface area contributed by atoms with Gasteiger partial charge in [0.15, 0.2) is 0 Å². The zero-order chi connectivity index (χ0) is 13.5.